The molecule has 1 rings (SSSR count). The molecule has 75 heavy (non-hydrogen) atoms. The number of carbonyl (C=O) groups excluding carboxylic acids is 2. The van der Waals surface area contributed by atoms with Gasteiger partial charge < -0.3 is 45.1 Å². The van der Waals surface area contributed by atoms with Crippen LogP contribution in [0.5, 0.6) is 0 Å². The van der Waals surface area contributed by atoms with Crippen LogP contribution in [-0.4, -0.2) is 100 Å². The number of esters is 1. The first-order chi connectivity index (χ1) is 36.7. The molecule has 1 fully saturated rings. The average molecular weight is 1060 g/mol. The minimum Gasteiger partial charge on any atom is -0.466 e. The highest BCUT2D eigenvalue weighted by Gasteiger charge is 2.44. The van der Waals surface area contributed by atoms with Crippen molar-refractivity contribution in [3.8, 4) is 0 Å². The molecule has 0 aromatic rings. The fourth-order valence-electron chi connectivity index (χ4n) is 10.2. The molecule has 0 aliphatic carbocycles. The first-order valence-corrected chi connectivity index (χ1v) is 32.1. The second-order valence-corrected chi connectivity index (χ2v) is 22.5. The molecule has 0 bridgehead atoms. The van der Waals surface area contributed by atoms with Gasteiger partial charge in [-0.25, -0.2) is 0 Å². The number of hydrogen-bond acceptors (Lipinski definition) is 10. The number of unbranched alkanes of at least 4 members (excludes halogenated alkanes) is 40. The van der Waals surface area contributed by atoms with Crippen molar-refractivity contribution < 1.29 is 49.3 Å². The molecule has 0 aromatic heterocycles. The molecular weight excluding hydrogens is 943 g/mol. The summed E-state index contributed by atoms with van der Waals surface area (Å²) in [4.78, 5) is 25.0. The summed E-state index contributed by atoms with van der Waals surface area (Å²) in [6.07, 6.45) is 55.9. The fourth-order valence-corrected chi connectivity index (χ4v) is 10.2. The van der Waals surface area contributed by atoms with Crippen LogP contribution in [-0.2, 0) is 23.8 Å². The van der Waals surface area contributed by atoms with E-state index in [1.807, 2.05) is 6.08 Å². The third-order valence-electron chi connectivity index (χ3n) is 15.3. The Hall–Kier alpha value is -1.86. The second-order valence-electron chi connectivity index (χ2n) is 22.5. The van der Waals surface area contributed by atoms with Gasteiger partial charge >= 0.3 is 5.97 Å². The van der Waals surface area contributed by atoms with Gasteiger partial charge in [-0.15, -0.1) is 0 Å². The Morgan fingerprint density at radius 1 is 0.480 bits per heavy atom. The lowest BCUT2D eigenvalue weighted by Crippen LogP contribution is -2.60. The highest BCUT2D eigenvalue weighted by molar-refractivity contribution is 5.76. The van der Waals surface area contributed by atoms with Gasteiger partial charge in [0.05, 0.1) is 32.0 Å². The predicted octanol–water partition coefficient (Wildman–Crippen LogP) is 15.3. The molecule has 0 radical (unpaired) electrons. The van der Waals surface area contributed by atoms with Crippen LogP contribution < -0.4 is 5.32 Å². The van der Waals surface area contributed by atoms with E-state index in [-0.39, 0.29) is 18.5 Å². The fraction of sp³-hybridized carbons (Fsp3) is 0.906. The number of aliphatic hydroxyl groups excluding tert-OH is 5. The van der Waals surface area contributed by atoms with E-state index in [1.165, 1.54) is 225 Å². The summed E-state index contributed by atoms with van der Waals surface area (Å²) in [5, 5.41) is 54.2. The van der Waals surface area contributed by atoms with Crippen molar-refractivity contribution in [3.63, 3.8) is 0 Å². The van der Waals surface area contributed by atoms with Gasteiger partial charge in [-0.1, -0.05) is 263 Å². The molecule has 7 atom stereocenters. The highest BCUT2D eigenvalue weighted by atomic mass is 16.7. The average Bonchev–Trinajstić information content (AvgIpc) is 3.41. The smallest absolute Gasteiger partial charge is 0.305 e. The van der Waals surface area contributed by atoms with Gasteiger partial charge in [0, 0.05) is 12.8 Å². The van der Waals surface area contributed by atoms with E-state index in [2.05, 4.69) is 31.3 Å². The molecule has 1 aliphatic rings. The van der Waals surface area contributed by atoms with Crippen LogP contribution in [0.2, 0.25) is 0 Å². The summed E-state index contributed by atoms with van der Waals surface area (Å²) >= 11 is 0. The highest BCUT2D eigenvalue weighted by Crippen LogP contribution is 2.23. The lowest BCUT2D eigenvalue weighted by Gasteiger charge is -2.40. The summed E-state index contributed by atoms with van der Waals surface area (Å²) in [7, 11) is 0. The largest absolute Gasteiger partial charge is 0.466 e. The number of amides is 1. The zero-order chi connectivity index (χ0) is 54.5. The Labute approximate surface area is 461 Å². The summed E-state index contributed by atoms with van der Waals surface area (Å²) in [5.74, 6) is -0.178. The van der Waals surface area contributed by atoms with Crippen LogP contribution in [0.1, 0.15) is 309 Å². The van der Waals surface area contributed by atoms with E-state index in [9.17, 15) is 35.1 Å². The Bertz CT molecular complexity index is 1300. The van der Waals surface area contributed by atoms with Gasteiger partial charge in [-0.05, 0) is 57.8 Å². The zero-order valence-electron chi connectivity index (χ0n) is 48.8. The normalized spacial score (nSPS) is 18.8. The quantitative estimate of drug-likeness (QED) is 0.0195. The summed E-state index contributed by atoms with van der Waals surface area (Å²) in [6.45, 7) is 4.33. The van der Waals surface area contributed by atoms with Gasteiger partial charge in [0.2, 0.25) is 5.91 Å². The van der Waals surface area contributed by atoms with Crippen molar-refractivity contribution in [3.05, 3.63) is 24.3 Å². The topological polar surface area (TPSA) is 175 Å². The molecule has 7 unspecified atom stereocenters. The standard InChI is InChI=1S/C64H121NO10/c1-3-5-7-9-11-13-31-36-40-44-48-52-60(69)73-53-49-45-41-37-33-30-28-26-24-22-20-18-16-14-15-17-19-21-23-25-27-29-32-35-39-43-47-51-59(68)65-56(57(67)50-46-42-38-34-12-10-8-6-4-2)55-74-64-63(72)62(71)61(70)58(54-66)75-64/h14-15,46,50,56-58,61-64,66-67,70-72H,3-13,16-45,47-49,51-55H2,1-2H3,(H,65,68)/b15-14-,50-46+. The van der Waals surface area contributed by atoms with E-state index >= 15 is 0 Å². The van der Waals surface area contributed by atoms with Crippen molar-refractivity contribution in [1.29, 1.82) is 0 Å². The number of carbonyl (C=O) groups is 2. The van der Waals surface area contributed by atoms with E-state index in [0.29, 0.717) is 19.4 Å². The predicted molar refractivity (Wildman–Crippen MR) is 311 cm³/mol. The van der Waals surface area contributed by atoms with Crippen LogP contribution in [0.15, 0.2) is 24.3 Å². The molecule has 442 valence electrons. The Kier molecular flexibility index (Phi) is 51.3. The second kappa shape index (κ2) is 54.1. The lowest BCUT2D eigenvalue weighted by atomic mass is 9.99. The minimum atomic E-state index is -1.57. The summed E-state index contributed by atoms with van der Waals surface area (Å²) < 4.78 is 16.7. The van der Waals surface area contributed by atoms with Gasteiger partial charge in [0.15, 0.2) is 6.29 Å². The first-order valence-electron chi connectivity index (χ1n) is 32.1. The molecule has 0 aromatic carbocycles. The van der Waals surface area contributed by atoms with Gasteiger partial charge in [0.25, 0.3) is 0 Å². The molecular formula is C64H121NO10. The molecule has 0 saturated carbocycles. The lowest BCUT2D eigenvalue weighted by molar-refractivity contribution is -0.302. The van der Waals surface area contributed by atoms with Gasteiger partial charge in [-0.2, -0.15) is 0 Å². The number of allylic oxidation sites excluding steroid dienone is 3. The molecule has 0 spiro atoms. The maximum Gasteiger partial charge on any atom is 0.305 e. The number of nitrogens with one attached hydrogen (secondary N) is 1. The Morgan fingerprint density at radius 3 is 1.28 bits per heavy atom. The monoisotopic (exact) mass is 1060 g/mol. The summed E-state index contributed by atoms with van der Waals surface area (Å²) in [5.41, 5.74) is 0. The van der Waals surface area contributed by atoms with Gasteiger partial charge in [-0.3, -0.25) is 9.59 Å². The van der Waals surface area contributed by atoms with Crippen LogP contribution in [0.25, 0.3) is 0 Å². The van der Waals surface area contributed by atoms with Crippen molar-refractivity contribution in [2.24, 2.45) is 0 Å². The molecule has 6 N–H and O–H groups in total. The number of aliphatic hydroxyl groups is 5. The number of ether oxygens (including phenoxy) is 3. The molecule has 1 amide bonds. The molecule has 1 aliphatic heterocycles. The third-order valence-corrected chi connectivity index (χ3v) is 15.3. The van der Waals surface area contributed by atoms with Crippen LogP contribution in [0.3, 0.4) is 0 Å². The third kappa shape index (κ3) is 43.7. The van der Waals surface area contributed by atoms with E-state index < -0.39 is 49.5 Å². The zero-order valence-corrected chi connectivity index (χ0v) is 48.8. The summed E-state index contributed by atoms with van der Waals surface area (Å²) in [6, 6.07) is -0.808. The number of rotatable bonds is 56. The van der Waals surface area contributed by atoms with Crippen LogP contribution in [0, 0.1) is 0 Å². The Morgan fingerprint density at radius 2 is 0.853 bits per heavy atom. The number of hydrogen-bond donors (Lipinski definition) is 6. The molecule has 1 heterocycles. The van der Waals surface area contributed by atoms with Crippen molar-refractivity contribution in [2.45, 2.75) is 352 Å². The van der Waals surface area contributed by atoms with E-state index in [1.54, 1.807) is 6.08 Å². The molecule has 1 saturated heterocycles. The van der Waals surface area contributed by atoms with Crippen LogP contribution in [0.4, 0.5) is 0 Å². The van der Waals surface area contributed by atoms with Crippen molar-refractivity contribution in [1.82, 2.24) is 5.32 Å². The molecule has 11 nitrogen and oxygen atoms in total. The van der Waals surface area contributed by atoms with Crippen molar-refractivity contribution in [2.75, 3.05) is 19.8 Å². The van der Waals surface area contributed by atoms with Gasteiger partial charge in [0.1, 0.15) is 24.4 Å². The Balaban J connectivity index is 1.97. The first kappa shape index (κ1) is 71.2. The SMILES string of the molecule is CCCCCCCCC/C=C/C(O)C(COC1OC(CO)C(O)C(O)C1O)NC(=O)CCCCCCCCCCCCC/C=C\CCCCCCCCCCCCCCOC(=O)CCCCCCCCCCCCC. The van der Waals surface area contributed by atoms with Crippen molar-refractivity contribution >= 4 is 11.9 Å². The molecule has 11 heteroatoms. The van der Waals surface area contributed by atoms with Crippen LogP contribution >= 0.6 is 0 Å². The maximum atomic E-state index is 13.0. The minimum absolute atomic E-state index is 0.00535. The van der Waals surface area contributed by atoms with E-state index in [4.69, 9.17) is 14.2 Å². The maximum absolute atomic E-state index is 13.0. The van der Waals surface area contributed by atoms with E-state index in [0.717, 1.165) is 57.8 Å².